The summed E-state index contributed by atoms with van der Waals surface area (Å²) in [6.07, 6.45) is 15.6. The van der Waals surface area contributed by atoms with E-state index in [2.05, 4.69) is 84.5 Å². The van der Waals surface area contributed by atoms with Crippen LogP contribution in [-0.2, 0) is 33.6 Å². The highest BCUT2D eigenvalue weighted by Gasteiger charge is 2.21. The van der Waals surface area contributed by atoms with Crippen molar-refractivity contribution < 1.29 is 47.7 Å². The van der Waals surface area contributed by atoms with E-state index >= 15 is 0 Å². The Bertz CT molecular complexity index is 1940. The van der Waals surface area contributed by atoms with Gasteiger partial charge in [-0.1, -0.05) is 94.2 Å². The minimum atomic E-state index is -1.35. The van der Waals surface area contributed by atoms with Crippen LogP contribution in [0.4, 0.5) is 3.89 Å². The Morgan fingerprint density at radius 1 is 0.846 bits per heavy atom. The van der Waals surface area contributed by atoms with Gasteiger partial charge in [0.15, 0.2) is 0 Å². The topological polar surface area (TPSA) is 211 Å². The van der Waals surface area contributed by atoms with Crippen molar-refractivity contribution in [1.29, 1.82) is 0 Å². The van der Waals surface area contributed by atoms with Gasteiger partial charge in [0, 0.05) is 49.9 Å². The number of amides is 5. The van der Waals surface area contributed by atoms with Crippen LogP contribution in [0.15, 0.2) is 70.7 Å². The summed E-state index contributed by atoms with van der Waals surface area (Å²) in [7, 11) is 3.12. The van der Waals surface area contributed by atoms with Gasteiger partial charge in [-0.15, -0.1) is 0 Å². The molecule has 5 amide bonds. The average Bonchev–Trinajstić information content (AvgIpc) is 3.30. The number of nitrogens with zero attached hydrogens (tertiary/aromatic N) is 1. The second kappa shape index (κ2) is 36.6. The van der Waals surface area contributed by atoms with Crippen LogP contribution in [0, 0.1) is 19.8 Å². The van der Waals surface area contributed by atoms with E-state index in [1.54, 1.807) is 26.1 Å². The first-order valence-corrected chi connectivity index (χ1v) is 22.7. The summed E-state index contributed by atoms with van der Waals surface area (Å²) in [5, 5.41) is 29.8. The van der Waals surface area contributed by atoms with Crippen LogP contribution in [0.5, 0.6) is 0 Å². The number of carbonyl (C=O) groups is 7. The van der Waals surface area contributed by atoms with Crippen LogP contribution in [0.3, 0.4) is 0 Å². The third kappa shape index (κ3) is 27.2. The molecule has 3 rings (SSSR count). The third-order valence-corrected chi connectivity index (χ3v) is 9.98. The number of carbonyl (C=O) groups excluding carboxylic acids is 5. The molecule has 0 heterocycles. The monoisotopic (exact) mass is 928 g/mol. The molecule has 0 saturated heterocycles. The van der Waals surface area contributed by atoms with Crippen molar-refractivity contribution in [2.45, 2.75) is 114 Å². The van der Waals surface area contributed by atoms with Crippen LogP contribution in [0.25, 0.3) is 16.8 Å². The molecule has 0 spiro atoms. The zero-order valence-electron chi connectivity index (χ0n) is 40.3. The summed E-state index contributed by atoms with van der Waals surface area (Å²) < 4.78 is 12.2. The highest BCUT2D eigenvalue weighted by atomic mass is 32.2. The molecule has 14 nitrogen and oxygen atoms in total. The molecule has 0 bridgehead atoms. The summed E-state index contributed by atoms with van der Waals surface area (Å²) in [5.74, 6) is -4.03. The van der Waals surface area contributed by atoms with Gasteiger partial charge in [0.05, 0.1) is 18.7 Å². The molecule has 16 heteroatoms. The lowest BCUT2D eigenvalue weighted by Crippen LogP contribution is -2.40. The maximum atomic E-state index is 12.2. The van der Waals surface area contributed by atoms with Crippen molar-refractivity contribution in [1.82, 2.24) is 26.2 Å². The number of halogens is 1. The third-order valence-electron chi connectivity index (χ3n) is 9.60. The molecule has 0 aromatic heterocycles. The predicted molar refractivity (Wildman–Crippen MR) is 262 cm³/mol. The number of aliphatic carboxylic acids is 2. The van der Waals surface area contributed by atoms with Crippen LogP contribution in [0.1, 0.15) is 117 Å². The zero-order valence-corrected chi connectivity index (χ0v) is 41.1. The average molecular weight is 928 g/mol. The van der Waals surface area contributed by atoms with Gasteiger partial charge in [-0.3, -0.25) is 33.6 Å². The second-order valence-electron chi connectivity index (χ2n) is 14.6. The Hall–Kier alpha value is -5.77. The largest absolute Gasteiger partial charge is 0.480 e. The molecule has 6 N–H and O–H groups in total. The number of allylic oxidation sites excluding steroid dienone is 5. The van der Waals surface area contributed by atoms with Crippen molar-refractivity contribution in [2.75, 3.05) is 40.3 Å². The first-order valence-electron chi connectivity index (χ1n) is 22.0. The van der Waals surface area contributed by atoms with Crippen LogP contribution in [-0.4, -0.2) is 96.9 Å². The van der Waals surface area contributed by atoms with E-state index in [-0.39, 0.29) is 43.3 Å². The van der Waals surface area contributed by atoms with Crippen molar-refractivity contribution >= 4 is 70.5 Å². The number of hydrogen-bond donors (Lipinski definition) is 6. The number of aryl methyl sites for hydroxylation is 2. The Balaban J connectivity index is 0. The van der Waals surface area contributed by atoms with E-state index in [0.717, 1.165) is 24.8 Å². The fraction of sp³-hybridized carbons (Fsp3) is 0.490. The van der Waals surface area contributed by atoms with E-state index in [9.17, 15) is 37.4 Å². The number of likely N-dealkylation sites (N-methyl/N-ethyl adjacent to an activating group) is 2. The van der Waals surface area contributed by atoms with Gasteiger partial charge >= 0.3 is 11.9 Å². The highest BCUT2D eigenvalue weighted by Crippen LogP contribution is 2.26. The van der Waals surface area contributed by atoms with Crippen molar-refractivity contribution in [2.24, 2.45) is 5.92 Å². The molecule has 0 unspecified atom stereocenters. The van der Waals surface area contributed by atoms with E-state index in [0.29, 0.717) is 27.8 Å². The Morgan fingerprint density at radius 2 is 1.45 bits per heavy atom. The van der Waals surface area contributed by atoms with Crippen LogP contribution in [0.2, 0.25) is 0 Å². The summed E-state index contributed by atoms with van der Waals surface area (Å²) in [6.45, 7) is 16.8. The van der Waals surface area contributed by atoms with Gasteiger partial charge in [0.25, 0.3) is 5.91 Å². The predicted octanol–water partition coefficient (Wildman–Crippen LogP) is 8.38. The second-order valence-corrected chi connectivity index (χ2v) is 15.4. The maximum absolute atomic E-state index is 12.2. The SMILES string of the molecule is C/C=C\c1c(C)cc2ccccc2c1C.CC.CCNC(=O)C(/C=C(\C)CC)=C/C=C(\C)SF.CNC(=O)C1CCCCC1.CNC(=O)CNC(=O)CCC(=O)N(CC(=O)O)CC(=O)O. The number of nitrogens with one attached hydrogen (secondary N) is 4. The lowest BCUT2D eigenvalue weighted by molar-refractivity contribution is -0.149. The van der Waals surface area contributed by atoms with Crippen molar-refractivity contribution in [3.8, 4) is 0 Å². The Kier molecular flexibility index (Phi) is 34.5. The van der Waals surface area contributed by atoms with E-state index in [4.69, 9.17) is 10.2 Å². The highest BCUT2D eigenvalue weighted by molar-refractivity contribution is 7.98. The first kappa shape index (κ1) is 61.3. The lowest BCUT2D eigenvalue weighted by atomic mass is 9.89. The Morgan fingerprint density at radius 3 is 1.95 bits per heavy atom. The molecule has 1 aliphatic carbocycles. The minimum Gasteiger partial charge on any atom is -0.480 e. The molecule has 1 saturated carbocycles. The molecule has 0 aliphatic heterocycles. The molecule has 0 atom stereocenters. The Labute approximate surface area is 390 Å². The molecule has 362 valence electrons. The van der Waals surface area contributed by atoms with E-state index < -0.39 is 42.7 Å². The number of hydrogen-bond acceptors (Lipinski definition) is 8. The molecular weight excluding hydrogens is 854 g/mol. The fourth-order valence-corrected chi connectivity index (χ4v) is 6.17. The summed E-state index contributed by atoms with van der Waals surface area (Å²) in [4.78, 5) is 78.9. The number of benzene rings is 2. The lowest BCUT2D eigenvalue weighted by Gasteiger charge is -2.19. The van der Waals surface area contributed by atoms with Crippen LogP contribution >= 0.6 is 12.1 Å². The van der Waals surface area contributed by atoms with Crippen molar-refractivity contribution in [3.05, 3.63) is 87.4 Å². The molecular formula is C49H74FN5O9S. The van der Waals surface area contributed by atoms with Gasteiger partial charge in [-0.2, -0.15) is 3.89 Å². The quantitative estimate of drug-likeness (QED) is 0.0659. The normalized spacial score (nSPS) is 12.6. The molecule has 1 fully saturated rings. The van der Waals surface area contributed by atoms with Gasteiger partial charge in [-0.25, -0.2) is 0 Å². The first-order chi connectivity index (χ1) is 30.9. The molecule has 1 aliphatic rings. The molecule has 2 aromatic carbocycles. The van der Waals surface area contributed by atoms with Crippen LogP contribution < -0.4 is 21.3 Å². The molecule has 0 radical (unpaired) electrons. The van der Waals surface area contributed by atoms with E-state index in [1.165, 1.54) is 53.8 Å². The standard InChI is InChI=1S/C15H16.C13H20FNOS.C11H17N3O7.C8H15NO.C2H6/c1-4-7-14-11(2)10-13-8-5-6-9-15(13)12(14)3;1-5-10(3)9-12(13(16)15-6-2)8-7-11(4)17-14;1-12-8(16)4-13-7(15)2-3-9(17)14(5-10(18)19)6-11(20)21;1-9-8(10)7-5-3-2-4-6-7;1-2/h4-10H,1-3H3;7-9H,5-6H2,1-4H3,(H,15,16);2-6H2,1H3,(H,12,16)(H,13,15)(H,18,19)(H,20,21);7H,2-6H2,1H3,(H,9,10);1-2H3/b7-4-;10-9+,11-7+,12-8+;;;. The maximum Gasteiger partial charge on any atom is 0.323 e. The van der Waals surface area contributed by atoms with Crippen molar-refractivity contribution in [3.63, 3.8) is 0 Å². The number of rotatable bonds is 17. The van der Waals surface area contributed by atoms with Gasteiger partial charge in [0.2, 0.25) is 23.6 Å². The van der Waals surface area contributed by atoms with E-state index in [1.807, 2.05) is 40.7 Å². The fourth-order valence-electron chi connectivity index (χ4n) is 6.05. The minimum absolute atomic E-state index is 0.131. The number of carboxylic acids is 2. The van der Waals surface area contributed by atoms with Gasteiger partial charge < -0.3 is 36.4 Å². The smallest absolute Gasteiger partial charge is 0.323 e. The zero-order chi connectivity index (χ0) is 49.9. The summed E-state index contributed by atoms with van der Waals surface area (Å²) in [5.41, 5.74) is 5.75. The summed E-state index contributed by atoms with van der Waals surface area (Å²) >= 11 is 0.181. The summed E-state index contributed by atoms with van der Waals surface area (Å²) in [6, 6.07) is 10.8. The molecule has 65 heavy (non-hydrogen) atoms. The van der Waals surface area contributed by atoms with Gasteiger partial charge in [-0.05, 0) is 100 Å². The van der Waals surface area contributed by atoms with Gasteiger partial charge in [0.1, 0.15) is 13.1 Å². The number of fused-ring (bicyclic) bond motifs is 1. The molecule has 2 aromatic rings. The number of carboxylic acid groups (broad SMARTS) is 2.